The summed E-state index contributed by atoms with van der Waals surface area (Å²) in [6.07, 6.45) is 14.2. The molecule has 160 valence electrons. The van der Waals surface area contributed by atoms with E-state index in [1.54, 1.807) is 13.2 Å². The van der Waals surface area contributed by atoms with E-state index in [0.717, 1.165) is 38.5 Å². The summed E-state index contributed by atoms with van der Waals surface area (Å²) in [5.41, 5.74) is 1.21. The number of methoxy groups -OCH3 is 1. The molecule has 0 aliphatic heterocycles. The summed E-state index contributed by atoms with van der Waals surface area (Å²) in [6.45, 7) is 0. The molecule has 2 heterocycles. The Bertz CT molecular complexity index is 1190. The van der Waals surface area contributed by atoms with E-state index in [4.69, 9.17) is 13.8 Å². The number of aromatic nitrogens is 4. The van der Waals surface area contributed by atoms with Gasteiger partial charge in [0.1, 0.15) is 5.75 Å². The van der Waals surface area contributed by atoms with Gasteiger partial charge in [0.2, 0.25) is 0 Å². The summed E-state index contributed by atoms with van der Waals surface area (Å²) in [5.74, 6) is 2.06. The lowest BCUT2D eigenvalue weighted by atomic mass is 9.93. The van der Waals surface area contributed by atoms with Crippen LogP contribution in [0.1, 0.15) is 62.0 Å². The Hall–Kier alpha value is -3.42. The second-order valence-corrected chi connectivity index (χ2v) is 7.95. The highest BCUT2D eigenvalue weighted by Crippen LogP contribution is 2.35. The van der Waals surface area contributed by atoms with Crippen molar-refractivity contribution in [3.63, 3.8) is 0 Å². The highest BCUT2D eigenvalue weighted by atomic mass is 16.5. The van der Waals surface area contributed by atoms with E-state index in [2.05, 4.69) is 39.6 Å². The summed E-state index contributed by atoms with van der Waals surface area (Å²) < 4.78 is 17.7. The third-order valence-corrected chi connectivity index (χ3v) is 6.02. The topological polar surface area (TPSA) is 96.2 Å². The third kappa shape index (κ3) is 3.73. The maximum atomic E-state index is 12.7. The van der Waals surface area contributed by atoms with Gasteiger partial charge in [-0.15, -0.1) is 0 Å². The number of ether oxygens (including phenoxy) is 1. The minimum absolute atomic E-state index is 0.0998. The number of rotatable bonds is 5. The molecular formula is C23H24N4O4. The Kier molecular flexibility index (Phi) is 5.28. The summed E-state index contributed by atoms with van der Waals surface area (Å²) in [4.78, 5) is 17.4. The molecule has 0 fully saturated rings. The molecule has 2 aliphatic rings. The molecule has 2 aromatic heterocycles. The van der Waals surface area contributed by atoms with Gasteiger partial charge in [0.05, 0.1) is 18.4 Å². The lowest BCUT2D eigenvalue weighted by molar-refractivity contribution is 0.373. The van der Waals surface area contributed by atoms with Crippen molar-refractivity contribution in [2.45, 2.75) is 50.4 Å². The zero-order valence-electron chi connectivity index (χ0n) is 17.4. The quantitative estimate of drug-likeness (QED) is 0.559. The number of nitrogens with zero attached hydrogens (tertiary/aromatic N) is 4. The highest BCUT2D eigenvalue weighted by Gasteiger charge is 2.27. The first kappa shape index (κ1) is 19.5. The van der Waals surface area contributed by atoms with Crippen LogP contribution in [0.25, 0.3) is 17.1 Å². The minimum atomic E-state index is -0.545. The van der Waals surface area contributed by atoms with Crippen LogP contribution >= 0.6 is 0 Å². The number of benzene rings is 1. The van der Waals surface area contributed by atoms with Gasteiger partial charge in [-0.3, -0.25) is 4.52 Å². The summed E-state index contributed by atoms with van der Waals surface area (Å²) in [6, 6.07) is 5.42. The Morgan fingerprint density at radius 1 is 1.00 bits per heavy atom. The second kappa shape index (κ2) is 8.37. The SMILES string of the molecule is COc1ccc(-c2nc(C3CC=CCC3)no2)c(-n2c(C3CC=CCC3)noc2=O)c1. The van der Waals surface area contributed by atoms with Crippen LogP contribution in [0, 0.1) is 0 Å². The van der Waals surface area contributed by atoms with Crippen molar-refractivity contribution in [1.29, 1.82) is 0 Å². The smallest absolute Gasteiger partial charge is 0.446 e. The van der Waals surface area contributed by atoms with Crippen LogP contribution in [-0.2, 0) is 0 Å². The average Bonchev–Trinajstić information content (AvgIpc) is 3.47. The zero-order chi connectivity index (χ0) is 21.2. The van der Waals surface area contributed by atoms with Crippen LogP contribution in [-0.4, -0.2) is 27.0 Å². The minimum Gasteiger partial charge on any atom is -0.497 e. The normalized spacial score (nSPS) is 20.8. The van der Waals surface area contributed by atoms with Crippen molar-refractivity contribution in [3.05, 3.63) is 64.7 Å². The monoisotopic (exact) mass is 420 g/mol. The molecule has 2 aliphatic carbocycles. The lowest BCUT2D eigenvalue weighted by Crippen LogP contribution is -2.18. The molecule has 0 radical (unpaired) electrons. The van der Waals surface area contributed by atoms with E-state index in [-0.39, 0.29) is 11.8 Å². The molecule has 31 heavy (non-hydrogen) atoms. The molecular weight excluding hydrogens is 396 g/mol. The maximum Gasteiger partial charge on any atom is 0.446 e. The predicted octanol–water partition coefficient (Wildman–Crippen LogP) is 4.53. The second-order valence-electron chi connectivity index (χ2n) is 7.95. The maximum absolute atomic E-state index is 12.7. The van der Waals surface area contributed by atoms with Crippen molar-refractivity contribution in [1.82, 2.24) is 19.9 Å². The van der Waals surface area contributed by atoms with E-state index in [1.165, 1.54) is 4.57 Å². The third-order valence-electron chi connectivity index (χ3n) is 6.02. The molecule has 0 amide bonds. The molecule has 3 aromatic rings. The molecule has 0 saturated heterocycles. The Morgan fingerprint density at radius 2 is 1.77 bits per heavy atom. The van der Waals surface area contributed by atoms with Crippen molar-refractivity contribution < 1.29 is 13.8 Å². The molecule has 5 rings (SSSR count). The van der Waals surface area contributed by atoms with Crippen LogP contribution in [0.3, 0.4) is 0 Å². The van der Waals surface area contributed by atoms with Gasteiger partial charge in [-0.2, -0.15) is 4.98 Å². The molecule has 8 nitrogen and oxygen atoms in total. The van der Waals surface area contributed by atoms with Crippen molar-refractivity contribution >= 4 is 0 Å². The lowest BCUT2D eigenvalue weighted by Gasteiger charge is -2.18. The van der Waals surface area contributed by atoms with Crippen LogP contribution in [0.15, 0.2) is 56.3 Å². The van der Waals surface area contributed by atoms with Crippen LogP contribution in [0.4, 0.5) is 0 Å². The van der Waals surface area contributed by atoms with E-state index in [9.17, 15) is 4.79 Å². The Morgan fingerprint density at radius 3 is 2.48 bits per heavy atom. The van der Waals surface area contributed by atoms with E-state index in [1.807, 2.05) is 12.1 Å². The predicted molar refractivity (Wildman–Crippen MR) is 113 cm³/mol. The molecule has 2 atom stereocenters. The molecule has 1 aromatic carbocycles. The van der Waals surface area contributed by atoms with Crippen LogP contribution in [0.2, 0.25) is 0 Å². The first-order valence-corrected chi connectivity index (χ1v) is 10.7. The molecule has 2 unspecified atom stereocenters. The van der Waals surface area contributed by atoms with Gasteiger partial charge in [-0.1, -0.05) is 34.6 Å². The number of hydrogen-bond donors (Lipinski definition) is 0. The van der Waals surface area contributed by atoms with Gasteiger partial charge in [0.15, 0.2) is 11.6 Å². The van der Waals surface area contributed by atoms with E-state index < -0.39 is 5.76 Å². The summed E-state index contributed by atoms with van der Waals surface area (Å²) in [5, 5.41) is 8.34. The molecule has 0 saturated carbocycles. The molecule has 0 bridgehead atoms. The van der Waals surface area contributed by atoms with Crippen molar-refractivity contribution in [2.75, 3.05) is 7.11 Å². The van der Waals surface area contributed by atoms with Gasteiger partial charge in [0, 0.05) is 17.9 Å². The Labute approximate surface area is 179 Å². The number of hydrogen-bond acceptors (Lipinski definition) is 7. The fourth-order valence-electron chi connectivity index (χ4n) is 4.31. The van der Waals surface area contributed by atoms with E-state index in [0.29, 0.717) is 34.5 Å². The molecule has 8 heteroatoms. The van der Waals surface area contributed by atoms with Crippen LogP contribution < -0.4 is 10.5 Å². The average molecular weight is 420 g/mol. The van der Waals surface area contributed by atoms with Crippen molar-refractivity contribution in [2.24, 2.45) is 0 Å². The number of allylic oxidation sites excluding steroid dienone is 4. The largest absolute Gasteiger partial charge is 0.497 e. The van der Waals surface area contributed by atoms with Gasteiger partial charge in [0.25, 0.3) is 5.89 Å². The Balaban J connectivity index is 1.60. The summed E-state index contributed by atoms with van der Waals surface area (Å²) in [7, 11) is 1.59. The van der Waals surface area contributed by atoms with Gasteiger partial charge < -0.3 is 9.26 Å². The molecule has 0 N–H and O–H groups in total. The van der Waals surface area contributed by atoms with Gasteiger partial charge >= 0.3 is 5.76 Å². The standard InChI is InChI=1S/C23H24N4O4/c1-29-17-12-13-18(22-24-20(25-30-22)15-8-4-2-5-9-15)19(14-17)27-21(26-31-23(27)28)16-10-6-3-7-11-16/h2-4,6,12-16H,5,7-11H2,1H3. The van der Waals surface area contributed by atoms with Gasteiger partial charge in [-0.25, -0.2) is 9.36 Å². The fourth-order valence-corrected chi connectivity index (χ4v) is 4.31. The van der Waals surface area contributed by atoms with Crippen molar-refractivity contribution in [3.8, 4) is 22.9 Å². The van der Waals surface area contributed by atoms with Crippen LogP contribution in [0.5, 0.6) is 5.75 Å². The van der Waals surface area contributed by atoms with E-state index >= 15 is 0 Å². The summed E-state index contributed by atoms with van der Waals surface area (Å²) >= 11 is 0. The zero-order valence-corrected chi connectivity index (χ0v) is 17.4. The first-order chi connectivity index (χ1) is 15.2. The molecule has 0 spiro atoms. The highest BCUT2D eigenvalue weighted by molar-refractivity contribution is 5.68. The fraction of sp³-hybridized carbons (Fsp3) is 0.391. The first-order valence-electron chi connectivity index (χ1n) is 10.7. The van der Waals surface area contributed by atoms with Gasteiger partial charge in [-0.05, 0) is 50.7 Å².